The van der Waals surface area contributed by atoms with Gasteiger partial charge in [-0.25, -0.2) is 0 Å². The maximum absolute atomic E-state index is 12.8. The minimum absolute atomic E-state index is 0.0601. The maximum atomic E-state index is 12.8. The Morgan fingerprint density at radius 3 is 2.67 bits per heavy atom. The minimum Gasteiger partial charge on any atom is -0.332 e. The Hall–Kier alpha value is -1.32. The lowest BCUT2D eigenvalue weighted by atomic mass is 10.0. The van der Waals surface area contributed by atoms with Crippen molar-refractivity contribution in [2.24, 2.45) is 0 Å². The summed E-state index contributed by atoms with van der Waals surface area (Å²) < 4.78 is 0.749. The predicted molar refractivity (Wildman–Crippen MR) is 88.6 cm³/mol. The van der Waals surface area contributed by atoms with Gasteiger partial charge in [0, 0.05) is 16.0 Å². The van der Waals surface area contributed by atoms with Crippen molar-refractivity contribution in [1.29, 1.82) is 0 Å². The second-order valence-corrected chi connectivity index (χ2v) is 6.48. The van der Waals surface area contributed by atoms with Crippen molar-refractivity contribution in [2.75, 3.05) is 6.54 Å². The first-order valence-electron chi connectivity index (χ1n) is 6.98. The third-order valence-corrected chi connectivity index (χ3v) is 4.75. The van der Waals surface area contributed by atoms with Crippen molar-refractivity contribution in [1.82, 2.24) is 4.90 Å². The van der Waals surface area contributed by atoms with Gasteiger partial charge in [0.2, 0.25) is 0 Å². The van der Waals surface area contributed by atoms with E-state index in [1.807, 2.05) is 23.1 Å². The molecule has 2 nitrogen and oxygen atoms in total. The summed E-state index contributed by atoms with van der Waals surface area (Å²) in [5, 5.41) is 0.624. The topological polar surface area (TPSA) is 20.3 Å². The number of carbonyl (C=O) groups is 1. The Balaban J connectivity index is 1.90. The van der Waals surface area contributed by atoms with E-state index in [9.17, 15) is 4.79 Å². The standard InChI is InChI=1S/C17H15BrClNO/c18-15-11-13(19)8-9-14(15)17(21)20-10-4-7-16(20)12-5-2-1-3-6-12/h1-3,5-6,8-9,11,16H,4,7,10H2. The molecular weight excluding hydrogens is 350 g/mol. The molecule has 108 valence electrons. The van der Waals surface area contributed by atoms with E-state index in [1.54, 1.807) is 18.2 Å². The minimum atomic E-state index is 0.0601. The highest BCUT2D eigenvalue weighted by atomic mass is 79.9. The van der Waals surface area contributed by atoms with Crippen molar-refractivity contribution in [2.45, 2.75) is 18.9 Å². The van der Waals surface area contributed by atoms with Crippen LogP contribution in [0, 0.1) is 0 Å². The second kappa shape index (κ2) is 6.20. The summed E-state index contributed by atoms with van der Waals surface area (Å²) in [4.78, 5) is 14.8. The highest BCUT2D eigenvalue weighted by molar-refractivity contribution is 9.10. The number of rotatable bonds is 2. The largest absolute Gasteiger partial charge is 0.332 e. The van der Waals surface area contributed by atoms with Crippen LogP contribution in [-0.2, 0) is 0 Å². The molecular formula is C17H15BrClNO. The number of hydrogen-bond donors (Lipinski definition) is 0. The summed E-state index contributed by atoms with van der Waals surface area (Å²) in [6.07, 6.45) is 2.05. The molecule has 4 heteroatoms. The van der Waals surface area contributed by atoms with Crippen molar-refractivity contribution >= 4 is 33.4 Å². The van der Waals surface area contributed by atoms with E-state index in [0.717, 1.165) is 23.9 Å². The van der Waals surface area contributed by atoms with Gasteiger partial charge in [0.25, 0.3) is 5.91 Å². The fourth-order valence-electron chi connectivity index (χ4n) is 2.85. The molecule has 0 N–H and O–H groups in total. The molecule has 1 heterocycles. The molecule has 1 fully saturated rings. The van der Waals surface area contributed by atoms with Gasteiger partial charge in [0.1, 0.15) is 0 Å². The maximum Gasteiger partial charge on any atom is 0.255 e. The molecule has 1 aliphatic rings. The molecule has 1 unspecified atom stereocenters. The molecule has 2 aromatic carbocycles. The van der Waals surface area contributed by atoms with Gasteiger partial charge in [-0.2, -0.15) is 0 Å². The van der Waals surface area contributed by atoms with Crippen LogP contribution in [0.1, 0.15) is 34.8 Å². The first-order chi connectivity index (χ1) is 10.2. The van der Waals surface area contributed by atoms with Gasteiger partial charge in [-0.05, 0) is 52.5 Å². The van der Waals surface area contributed by atoms with E-state index in [0.29, 0.717) is 10.6 Å². The van der Waals surface area contributed by atoms with Crippen LogP contribution in [0.5, 0.6) is 0 Å². The molecule has 0 saturated carbocycles. The number of amides is 1. The Kier molecular flexibility index (Phi) is 4.32. The fraction of sp³-hybridized carbons (Fsp3) is 0.235. The van der Waals surface area contributed by atoms with Crippen LogP contribution in [0.3, 0.4) is 0 Å². The van der Waals surface area contributed by atoms with Crippen LogP contribution in [-0.4, -0.2) is 17.4 Å². The molecule has 0 aromatic heterocycles. The molecule has 1 saturated heterocycles. The molecule has 1 atom stereocenters. The molecule has 3 rings (SSSR count). The number of halogens is 2. The number of carbonyl (C=O) groups excluding carboxylic acids is 1. The number of likely N-dealkylation sites (tertiary alicyclic amines) is 1. The van der Waals surface area contributed by atoms with E-state index in [2.05, 4.69) is 28.1 Å². The van der Waals surface area contributed by atoms with Gasteiger partial charge in [-0.15, -0.1) is 0 Å². The lowest BCUT2D eigenvalue weighted by Crippen LogP contribution is -2.30. The number of nitrogens with zero attached hydrogens (tertiary/aromatic N) is 1. The smallest absolute Gasteiger partial charge is 0.255 e. The van der Waals surface area contributed by atoms with E-state index < -0.39 is 0 Å². The van der Waals surface area contributed by atoms with Gasteiger partial charge < -0.3 is 4.90 Å². The molecule has 1 aliphatic heterocycles. The summed E-state index contributed by atoms with van der Waals surface area (Å²) >= 11 is 9.39. The normalized spacial score (nSPS) is 18.0. The van der Waals surface area contributed by atoms with Gasteiger partial charge in [-0.3, -0.25) is 4.79 Å². The Morgan fingerprint density at radius 2 is 1.95 bits per heavy atom. The Bertz CT molecular complexity index is 659. The summed E-state index contributed by atoms with van der Waals surface area (Å²) in [7, 11) is 0. The SMILES string of the molecule is O=C(c1ccc(Cl)cc1Br)N1CCCC1c1ccccc1. The zero-order valence-electron chi connectivity index (χ0n) is 11.4. The Morgan fingerprint density at radius 1 is 1.19 bits per heavy atom. The lowest BCUT2D eigenvalue weighted by molar-refractivity contribution is 0.0735. The van der Waals surface area contributed by atoms with E-state index in [-0.39, 0.29) is 11.9 Å². The third kappa shape index (κ3) is 2.99. The monoisotopic (exact) mass is 363 g/mol. The van der Waals surface area contributed by atoms with Crippen molar-refractivity contribution in [3.05, 3.63) is 69.2 Å². The van der Waals surface area contributed by atoms with Crippen LogP contribution >= 0.6 is 27.5 Å². The number of benzene rings is 2. The zero-order valence-corrected chi connectivity index (χ0v) is 13.8. The summed E-state index contributed by atoms with van der Waals surface area (Å²) in [6, 6.07) is 15.7. The molecule has 1 amide bonds. The molecule has 0 spiro atoms. The van der Waals surface area contributed by atoms with E-state index in [1.165, 1.54) is 5.56 Å². The lowest BCUT2D eigenvalue weighted by Gasteiger charge is -2.25. The van der Waals surface area contributed by atoms with Gasteiger partial charge >= 0.3 is 0 Å². The van der Waals surface area contributed by atoms with Crippen LogP contribution < -0.4 is 0 Å². The molecule has 0 bridgehead atoms. The fourth-order valence-corrected chi connectivity index (χ4v) is 3.70. The highest BCUT2D eigenvalue weighted by Crippen LogP contribution is 2.34. The van der Waals surface area contributed by atoms with Gasteiger partial charge in [0.05, 0.1) is 11.6 Å². The quantitative estimate of drug-likeness (QED) is 0.727. The molecule has 0 radical (unpaired) electrons. The molecule has 21 heavy (non-hydrogen) atoms. The number of hydrogen-bond acceptors (Lipinski definition) is 1. The predicted octanol–water partition coefficient (Wildman–Crippen LogP) is 5.08. The van der Waals surface area contributed by atoms with Gasteiger partial charge in [-0.1, -0.05) is 41.9 Å². The van der Waals surface area contributed by atoms with Crippen LogP contribution in [0.2, 0.25) is 5.02 Å². The van der Waals surface area contributed by atoms with E-state index in [4.69, 9.17) is 11.6 Å². The van der Waals surface area contributed by atoms with Crippen molar-refractivity contribution < 1.29 is 4.79 Å². The first kappa shape index (κ1) is 14.6. The van der Waals surface area contributed by atoms with Gasteiger partial charge in [0.15, 0.2) is 0 Å². The average Bonchev–Trinajstić information content (AvgIpc) is 2.97. The highest BCUT2D eigenvalue weighted by Gasteiger charge is 2.31. The van der Waals surface area contributed by atoms with Crippen LogP contribution in [0.25, 0.3) is 0 Å². The Labute approximate surface area is 137 Å². The third-order valence-electron chi connectivity index (χ3n) is 3.86. The van der Waals surface area contributed by atoms with E-state index >= 15 is 0 Å². The zero-order chi connectivity index (χ0) is 14.8. The molecule has 2 aromatic rings. The average molecular weight is 365 g/mol. The summed E-state index contributed by atoms with van der Waals surface area (Å²) in [5.41, 5.74) is 1.87. The summed E-state index contributed by atoms with van der Waals surface area (Å²) in [6.45, 7) is 0.799. The van der Waals surface area contributed by atoms with Crippen LogP contribution in [0.15, 0.2) is 53.0 Å². The van der Waals surface area contributed by atoms with Crippen molar-refractivity contribution in [3.8, 4) is 0 Å². The summed E-state index contributed by atoms with van der Waals surface area (Å²) in [5.74, 6) is 0.0601. The molecule has 0 aliphatic carbocycles. The van der Waals surface area contributed by atoms with Crippen molar-refractivity contribution in [3.63, 3.8) is 0 Å². The van der Waals surface area contributed by atoms with Crippen LogP contribution in [0.4, 0.5) is 0 Å². The second-order valence-electron chi connectivity index (χ2n) is 5.19. The first-order valence-corrected chi connectivity index (χ1v) is 8.15.